The van der Waals surface area contributed by atoms with Crippen LogP contribution in [0.4, 0.5) is 0 Å². The number of aliphatic hydroxyl groups excluding tert-OH is 1. The Hall–Kier alpha value is -0.250. The molecule has 46 valence electrons. The van der Waals surface area contributed by atoms with Crippen molar-refractivity contribution in [1.82, 2.24) is 5.32 Å². The molecule has 2 N–H and O–H groups in total. The first-order chi connectivity index (χ1) is 3.93. The van der Waals surface area contributed by atoms with E-state index in [1.165, 1.54) is 0 Å². The average molecular weight is 116 g/mol. The predicted octanol–water partition coefficient (Wildman–Crippen LogP) is -0.871. The molecule has 0 radical (unpaired) electrons. The summed E-state index contributed by atoms with van der Waals surface area (Å²) in [6, 6.07) is 0. The minimum Gasteiger partial charge on any atom is -0.393 e. The van der Waals surface area contributed by atoms with Crippen LogP contribution in [0, 0.1) is 6.61 Å². The Labute approximate surface area is 48.7 Å². The molecule has 0 aromatic rings. The first kappa shape index (κ1) is 5.88. The van der Waals surface area contributed by atoms with Gasteiger partial charge in [0.05, 0.1) is 6.61 Å². The zero-order valence-electron chi connectivity index (χ0n) is 4.63. The van der Waals surface area contributed by atoms with Gasteiger partial charge in [0, 0.05) is 6.54 Å². The molecule has 0 aromatic heterocycles. The molecule has 0 aromatic carbocycles. The highest BCUT2D eigenvalue weighted by Gasteiger charge is 2.18. The second-order valence-corrected chi connectivity index (χ2v) is 1.77. The highest BCUT2D eigenvalue weighted by atomic mass is 16.5. The highest BCUT2D eigenvalue weighted by molar-refractivity contribution is 4.71. The van der Waals surface area contributed by atoms with E-state index in [2.05, 4.69) is 5.32 Å². The third-order valence-electron chi connectivity index (χ3n) is 1.09. The molecule has 8 heavy (non-hydrogen) atoms. The zero-order valence-corrected chi connectivity index (χ0v) is 4.63. The topological polar surface area (TPSA) is 41.5 Å². The lowest BCUT2D eigenvalue weighted by molar-refractivity contribution is 0.0312. The molecule has 0 saturated carbocycles. The van der Waals surface area contributed by atoms with Gasteiger partial charge in [-0.05, 0) is 0 Å². The minimum atomic E-state index is -0.0243. The number of hydrogen-bond donors (Lipinski definition) is 2. The lowest BCUT2D eigenvalue weighted by atomic mass is 10.3. The van der Waals surface area contributed by atoms with Crippen LogP contribution < -0.4 is 5.32 Å². The van der Waals surface area contributed by atoms with E-state index in [0.29, 0.717) is 0 Å². The first-order valence-electron chi connectivity index (χ1n) is 2.72. The number of aliphatic hydroxyl groups is 1. The van der Waals surface area contributed by atoms with Gasteiger partial charge in [-0.3, -0.25) is 5.32 Å². The molecular formula is C5H10NO2+. The monoisotopic (exact) mass is 116 g/mol. The van der Waals surface area contributed by atoms with Crippen molar-refractivity contribution in [3.05, 3.63) is 6.61 Å². The van der Waals surface area contributed by atoms with Crippen LogP contribution in [0.1, 0.15) is 0 Å². The van der Waals surface area contributed by atoms with Gasteiger partial charge in [0.1, 0.15) is 6.10 Å². The van der Waals surface area contributed by atoms with E-state index in [1.54, 1.807) is 6.61 Å². The van der Waals surface area contributed by atoms with Gasteiger partial charge >= 0.3 is 0 Å². The molecule has 3 heteroatoms. The van der Waals surface area contributed by atoms with Gasteiger partial charge in [-0.25, -0.2) is 0 Å². The van der Waals surface area contributed by atoms with E-state index in [0.717, 1.165) is 13.1 Å². The summed E-state index contributed by atoms with van der Waals surface area (Å²) in [5, 5.41) is 11.6. The highest BCUT2D eigenvalue weighted by Crippen LogP contribution is 1.96. The Balaban J connectivity index is 2.13. The lowest BCUT2D eigenvalue weighted by Gasteiger charge is -2.12. The molecule has 0 spiro atoms. The van der Waals surface area contributed by atoms with Crippen molar-refractivity contribution in [2.24, 2.45) is 0 Å². The number of hydrogen-bond acceptors (Lipinski definition) is 3. The van der Waals surface area contributed by atoms with Crippen LogP contribution in [0.3, 0.4) is 0 Å². The van der Waals surface area contributed by atoms with Crippen molar-refractivity contribution in [3.8, 4) is 0 Å². The molecule has 1 heterocycles. The van der Waals surface area contributed by atoms with Crippen LogP contribution in [-0.4, -0.2) is 30.9 Å². The summed E-state index contributed by atoms with van der Waals surface area (Å²) >= 11 is 0. The molecule has 0 bridgehead atoms. The number of ether oxygens (including phenoxy) is 1. The summed E-state index contributed by atoms with van der Waals surface area (Å²) < 4.78 is 4.99. The molecule has 1 aliphatic heterocycles. The van der Waals surface area contributed by atoms with Crippen molar-refractivity contribution >= 4 is 0 Å². The van der Waals surface area contributed by atoms with E-state index in [1.807, 2.05) is 0 Å². The maximum atomic E-state index is 8.51. The van der Waals surface area contributed by atoms with Crippen LogP contribution in [-0.2, 0) is 4.74 Å². The quantitative estimate of drug-likeness (QED) is 0.437. The lowest BCUT2D eigenvalue weighted by Crippen LogP contribution is -2.37. The largest absolute Gasteiger partial charge is 0.393 e. The Kier molecular flexibility index (Phi) is 2.14. The predicted molar refractivity (Wildman–Crippen MR) is 29.1 cm³/mol. The molecule has 1 fully saturated rings. The van der Waals surface area contributed by atoms with Crippen LogP contribution in [0.15, 0.2) is 0 Å². The van der Waals surface area contributed by atoms with E-state index in [9.17, 15) is 0 Å². The first-order valence-corrected chi connectivity index (χ1v) is 2.72. The molecule has 1 atom stereocenters. The fraction of sp³-hybridized carbons (Fsp3) is 0.800. The number of rotatable bonds is 1. The Morgan fingerprint density at radius 1 is 1.88 bits per heavy atom. The van der Waals surface area contributed by atoms with Crippen molar-refractivity contribution in [1.29, 1.82) is 0 Å². The molecule has 1 saturated heterocycles. The second-order valence-electron chi connectivity index (χ2n) is 1.77. The Bertz CT molecular complexity index is 61.4. The molecule has 0 amide bonds. The van der Waals surface area contributed by atoms with Crippen molar-refractivity contribution in [3.63, 3.8) is 0 Å². The van der Waals surface area contributed by atoms with E-state index < -0.39 is 0 Å². The smallest absolute Gasteiger partial charge is 0.242 e. The van der Waals surface area contributed by atoms with Crippen LogP contribution in [0.5, 0.6) is 0 Å². The maximum absolute atomic E-state index is 8.51. The van der Waals surface area contributed by atoms with Gasteiger partial charge in [-0.2, -0.15) is 4.74 Å². The molecule has 0 aliphatic carbocycles. The molecule has 0 unspecified atom stereocenters. The third-order valence-corrected chi connectivity index (χ3v) is 1.09. The fourth-order valence-corrected chi connectivity index (χ4v) is 0.643. The van der Waals surface area contributed by atoms with Gasteiger partial charge < -0.3 is 5.11 Å². The van der Waals surface area contributed by atoms with E-state index in [4.69, 9.17) is 9.84 Å². The van der Waals surface area contributed by atoms with E-state index in [-0.39, 0.29) is 12.7 Å². The minimum absolute atomic E-state index is 0.0243. The summed E-state index contributed by atoms with van der Waals surface area (Å²) in [7, 11) is 0. The SMILES string of the molecule is OC[C@@H]1CNC[CH+]O1. The molecular weight excluding hydrogens is 106 g/mol. The Morgan fingerprint density at radius 3 is 3.12 bits per heavy atom. The molecule has 1 aliphatic rings. The Morgan fingerprint density at radius 2 is 2.75 bits per heavy atom. The summed E-state index contributed by atoms with van der Waals surface area (Å²) in [5.41, 5.74) is 0. The van der Waals surface area contributed by atoms with Crippen molar-refractivity contribution in [2.45, 2.75) is 6.10 Å². The van der Waals surface area contributed by atoms with Gasteiger partial charge in [-0.15, -0.1) is 0 Å². The van der Waals surface area contributed by atoms with Crippen LogP contribution in [0.2, 0.25) is 0 Å². The fourth-order valence-electron chi connectivity index (χ4n) is 0.643. The van der Waals surface area contributed by atoms with Crippen LogP contribution in [0.25, 0.3) is 0 Å². The summed E-state index contributed by atoms with van der Waals surface area (Å²) in [5.74, 6) is 0. The molecule has 3 nitrogen and oxygen atoms in total. The van der Waals surface area contributed by atoms with Crippen molar-refractivity contribution < 1.29 is 9.84 Å². The normalized spacial score (nSPS) is 29.4. The summed E-state index contributed by atoms with van der Waals surface area (Å²) in [6.45, 7) is 3.32. The van der Waals surface area contributed by atoms with E-state index >= 15 is 0 Å². The summed E-state index contributed by atoms with van der Waals surface area (Å²) in [4.78, 5) is 0. The van der Waals surface area contributed by atoms with Gasteiger partial charge in [-0.1, -0.05) is 0 Å². The zero-order chi connectivity index (χ0) is 5.82. The third kappa shape index (κ3) is 1.36. The van der Waals surface area contributed by atoms with Crippen LogP contribution >= 0.6 is 0 Å². The molecule has 1 rings (SSSR count). The number of morpholine rings is 1. The second kappa shape index (κ2) is 2.91. The van der Waals surface area contributed by atoms with Gasteiger partial charge in [0.25, 0.3) is 0 Å². The standard InChI is InChI=1S/C5H10NO2/c7-4-5-3-6-1-2-8-5/h2,5-7H,1,3-4H2/q+1/t5-/m0/s1. The maximum Gasteiger partial charge on any atom is 0.242 e. The summed E-state index contributed by atoms with van der Waals surface area (Å²) in [6.07, 6.45) is -0.0243. The number of nitrogens with one attached hydrogen (secondary N) is 1. The van der Waals surface area contributed by atoms with Gasteiger partial charge in [0.15, 0.2) is 6.54 Å². The van der Waals surface area contributed by atoms with Crippen molar-refractivity contribution in [2.75, 3.05) is 19.7 Å². The average Bonchev–Trinajstić information content (AvgIpc) is 1.90. The van der Waals surface area contributed by atoms with Gasteiger partial charge in [0.2, 0.25) is 6.61 Å².